The van der Waals surface area contributed by atoms with Crippen LogP contribution in [0, 0.1) is 0 Å². The highest BCUT2D eigenvalue weighted by Gasteiger charge is 2.49. The van der Waals surface area contributed by atoms with Crippen LogP contribution < -0.4 is 10.7 Å². The fourth-order valence-electron chi connectivity index (χ4n) is 1.89. The van der Waals surface area contributed by atoms with Crippen molar-refractivity contribution in [1.82, 2.24) is 0 Å². The highest BCUT2D eigenvalue weighted by atomic mass is 16.1. The third-order valence-electron chi connectivity index (χ3n) is 2.83. The van der Waals surface area contributed by atoms with Gasteiger partial charge in [-0.1, -0.05) is 30.3 Å². The zero-order chi connectivity index (χ0) is 12.6. The van der Waals surface area contributed by atoms with Crippen molar-refractivity contribution < 1.29 is 9.79 Å². The Balaban J connectivity index is 2.05. The molecule has 1 aromatic rings. The van der Waals surface area contributed by atoms with Gasteiger partial charge in [0.25, 0.3) is 17.8 Å². The van der Waals surface area contributed by atoms with E-state index >= 15 is 0 Å². The number of fused-ring (bicyclic) bond motifs is 1. The molecule has 0 aliphatic carbocycles. The van der Waals surface area contributed by atoms with Crippen LogP contribution in [0.15, 0.2) is 45.3 Å². The quantitative estimate of drug-likeness (QED) is 0.617. The van der Waals surface area contributed by atoms with Crippen molar-refractivity contribution in [3.05, 3.63) is 35.9 Å². The lowest BCUT2D eigenvalue weighted by Gasteiger charge is -2.21. The zero-order valence-corrected chi connectivity index (χ0v) is 9.37. The van der Waals surface area contributed by atoms with Gasteiger partial charge in [-0.25, -0.2) is 9.98 Å². The number of aliphatic imine (C=N–C) groups is 3. The molecule has 3 N–H and O–H groups in total. The van der Waals surface area contributed by atoms with Gasteiger partial charge in [0.2, 0.25) is 5.78 Å². The van der Waals surface area contributed by atoms with Gasteiger partial charge in [-0.05, 0) is 4.99 Å². The summed E-state index contributed by atoms with van der Waals surface area (Å²) in [6.07, 6.45) is 2.72. The number of hydrogen-bond donors (Lipinski definition) is 2. The standard InChI is InChI=1S/C12H9N5O/c13-12(10(18)8-4-2-1-3-5-8)9-11(15-6-14-9)16-7-17-12/h1-7H,13H2/p+1. The second kappa shape index (κ2) is 3.78. The summed E-state index contributed by atoms with van der Waals surface area (Å²) >= 11 is 0. The molecule has 2 heterocycles. The lowest BCUT2D eigenvalue weighted by Crippen LogP contribution is -2.96. The van der Waals surface area contributed by atoms with E-state index in [0.29, 0.717) is 17.1 Å². The second-order valence-corrected chi connectivity index (χ2v) is 3.95. The van der Waals surface area contributed by atoms with Crippen molar-refractivity contribution in [3.8, 4) is 0 Å². The molecule has 1 atom stereocenters. The molecule has 0 amide bonds. The van der Waals surface area contributed by atoms with Crippen LogP contribution in [0.5, 0.6) is 0 Å². The van der Waals surface area contributed by atoms with Crippen molar-refractivity contribution in [3.63, 3.8) is 0 Å². The molecule has 0 saturated heterocycles. The van der Waals surface area contributed by atoms with Crippen LogP contribution in [0.4, 0.5) is 0 Å². The number of hydrogen-bond acceptors (Lipinski definition) is 5. The van der Waals surface area contributed by atoms with Gasteiger partial charge in [0.1, 0.15) is 6.34 Å². The normalized spacial score (nSPS) is 24.5. The van der Waals surface area contributed by atoms with E-state index in [1.807, 2.05) is 6.07 Å². The molecule has 2 aliphatic rings. The molecule has 6 heteroatoms. The number of carbonyl (C=O) groups excluding carboxylic acids is 1. The summed E-state index contributed by atoms with van der Waals surface area (Å²) in [5.41, 5.74) is 5.59. The number of amidine groups is 1. The summed E-state index contributed by atoms with van der Waals surface area (Å²) in [6.45, 7) is 0. The van der Waals surface area contributed by atoms with Crippen molar-refractivity contribution in [2.24, 2.45) is 20.7 Å². The average molecular weight is 240 g/mol. The molecular weight excluding hydrogens is 230 g/mol. The van der Waals surface area contributed by atoms with Crippen LogP contribution in [0.25, 0.3) is 0 Å². The molecular formula is C12H10N5O+. The largest absolute Gasteiger partial charge is 0.295 e. The molecule has 0 saturated carbocycles. The maximum Gasteiger partial charge on any atom is 0.295 e. The number of carbonyl (C=O) groups is 1. The Morgan fingerprint density at radius 1 is 1.22 bits per heavy atom. The van der Waals surface area contributed by atoms with E-state index in [2.05, 4.69) is 20.0 Å². The van der Waals surface area contributed by atoms with Crippen LogP contribution in [0.3, 0.4) is 0 Å². The first-order chi connectivity index (χ1) is 8.72. The zero-order valence-electron chi connectivity index (χ0n) is 9.37. The van der Waals surface area contributed by atoms with Crippen LogP contribution in [-0.4, -0.2) is 35.7 Å². The van der Waals surface area contributed by atoms with Gasteiger partial charge >= 0.3 is 0 Å². The Kier molecular flexibility index (Phi) is 2.24. The third kappa shape index (κ3) is 1.43. The number of benzene rings is 1. The number of rotatable bonds is 2. The van der Waals surface area contributed by atoms with E-state index in [4.69, 9.17) is 5.73 Å². The van der Waals surface area contributed by atoms with E-state index in [1.54, 1.807) is 24.3 Å². The Labute approximate surface area is 103 Å². The van der Waals surface area contributed by atoms with Gasteiger partial charge in [-0.2, -0.15) is 4.99 Å². The second-order valence-electron chi connectivity index (χ2n) is 3.95. The SMILES string of the molecule is NC1(C(=O)c2ccccc2)[NH+]=CN=C2N=CN=C21. The maximum atomic E-state index is 12.5. The smallest absolute Gasteiger partial charge is 0.287 e. The van der Waals surface area contributed by atoms with Gasteiger partial charge < -0.3 is 0 Å². The van der Waals surface area contributed by atoms with Gasteiger partial charge in [-0.3, -0.25) is 10.5 Å². The van der Waals surface area contributed by atoms with Gasteiger partial charge in [0.15, 0.2) is 5.71 Å². The lowest BCUT2D eigenvalue weighted by atomic mass is 9.93. The fraction of sp³-hybridized carbons (Fsp3) is 0.0833. The van der Waals surface area contributed by atoms with Crippen LogP contribution in [0.2, 0.25) is 0 Å². The summed E-state index contributed by atoms with van der Waals surface area (Å²) in [5.74, 6) is 0.108. The molecule has 6 nitrogen and oxygen atoms in total. The number of ketones is 1. The number of nitrogens with one attached hydrogen (secondary N) is 1. The van der Waals surface area contributed by atoms with E-state index in [1.165, 1.54) is 12.7 Å². The molecule has 0 aromatic heterocycles. The predicted octanol–water partition coefficient (Wildman–Crippen LogP) is -1.47. The molecule has 1 unspecified atom stereocenters. The molecule has 0 radical (unpaired) electrons. The van der Waals surface area contributed by atoms with E-state index in [-0.39, 0.29) is 5.78 Å². The average Bonchev–Trinajstić information content (AvgIpc) is 2.89. The monoisotopic (exact) mass is 240 g/mol. The van der Waals surface area contributed by atoms with Gasteiger partial charge in [-0.15, -0.1) is 0 Å². The predicted molar refractivity (Wildman–Crippen MR) is 68.1 cm³/mol. The summed E-state index contributed by atoms with van der Waals surface area (Å²) in [4.78, 5) is 27.2. The molecule has 3 rings (SSSR count). The molecule has 88 valence electrons. The molecule has 18 heavy (non-hydrogen) atoms. The minimum atomic E-state index is -1.41. The molecule has 1 aromatic carbocycles. The number of Topliss-reactive ketones (excluding diaryl/α,β-unsaturated/α-hetero) is 1. The van der Waals surface area contributed by atoms with Crippen LogP contribution >= 0.6 is 0 Å². The first-order valence-corrected chi connectivity index (χ1v) is 5.39. The van der Waals surface area contributed by atoms with Gasteiger partial charge in [0, 0.05) is 5.56 Å². The Hall–Kier alpha value is -2.47. The maximum absolute atomic E-state index is 12.5. The van der Waals surface area contributed by atoms with E-state index in [0.717, 1.165) is 0 Å². The van der Waals surface area contributed by atoms with E-state index in [9.17, 15) is 4.79 Å². The molecule has 0 bridgehead atoms. The van der Waals surface area contributed by atoms with Crippen molar-refractivity contribution in [2.75, 3.05) is 0 Å². The third-order valence-corrected chi connectivity index (χ3v) is 2.83. The number of nitrogens with two attached hydrogens (primary N) is 1. The fourth-order valence-corrected chi connectivity index (χ4v) is 1.89. The van der Waals surface area contributed by atoms with Crippen molar-refractivity contribution in [2.45, 2.75) is 5.66 Å². The van der Waals surface area contributed by atoms with E-state index < -0.39 is 5.66 Å². The number of nitrogens with zero attached hydrogens (tertiary/aromatic N) is 3. The first kappa shape index (κ1) is 10.7. The molecule has 0 spiro atoms. The van der Waals surface area contributed by atoms with Crippen LogP contribution in [-0.2, 0) is 0 Å². The molecule has 2 aliphatic heterocycles. The van der Waals surface area contributed by atoms with Crippen LogP contribution in [0.1, 0.15) is 10.4 Å². The van der Waals surface area contributed by atoms with Crippen molar-refractivity contribution >= 4 is 30.0 Å². The summed E-state index contributed by atoms with van der Waals surface area (Å²) in [5, 5.41) is 0. The Morgan fingerprint density at radius 2 is 2.00 bits per heavy atom. The minimum absolute atomic E-state index is 0.268. The topological polar surface area (TPSA) is 94.1 Å². The lowest BCUT2D eigenvalue weighted by molar-refractivity contribution is -0.504. The highest BCUT2D eigenvalue weighted by Crippen LogP contribution is 2.12. The Morgan fingerprint density at radius 3 is 2.78 bits per heavy atom. The van der Waals surface area contributed by atoms with Gasteiger partial charge in [0.05, 0.1) is 0 Å². The minimum Gasteiger partial charge on any atom is -0.287 e. The summed E-state index contributed by atoms with van der Waals surface area (Å²) < 4.78 is 0. The Bertz CT molecular complexity index is 629. The summed E-state index contributed by atoms with van der Waals surface area (Å²) in [6, 6.07) is 8.82. The van der Waals surface area contributed by atoms with Crippen molar-refractivity contribution in [1.29, 1.82) is 0 Å². The molecule has 0 fully saturated rings. The first-order valence-electron chi connectivity index (χ1n) is 5.39. The summed E-state index contributed by atoms with van der Waals surface area (Å²) in [7, 11) is 0. The highest BCUT2D eigenvalue weighted by molar-refractivity contribution is 6.53.